The third-order valence-electron chi connectivity index (χ3n) is 5.33. The summed E-state index contributed by atoms with van der Waals surface area (Å²) in [5, 5.41) is 12.5. The average Bonchev–Trinajstić information content (AvgIpc) is 3.48. The van der Waals surface area contributed by atoms with Crippen molar-refractivity contribution in [3.05, 3.63) is 56.5 Å². The van der Waals surface area contributed by atoms with Crippen LogP contribution in [0.2, 0.25) is 0 Å². The number of aryl methyl sites for hydroxylation is 1. The average molecular weight is 424 g/mol. The number of thiophene rings is 1. The minimum Gasteiger partial charge on any atom is -0.342 e. The molecule has 10 heteroatoms. The normalized spacial score (nSPS) is 17.0. The summed E-state index contributed by atoms with van der Waals surface area (Å²) in [6.07, 6.45) is 3.94. The molecule has 1 atom stereocenters. The van der Waals surface area contributed by atoms with Crippen molar-refractivity contribution in [2.75, 3.05) is 13.1 Å². The second-order valence-electron chi connectivity index (χ2n) is 7.57. The monoisotopic (exact) mass is 424 g/mol. The molecule has 1 fully saturated rings. The first-order valence-electron chi connectivity index (χ1n) is 9.79. The SMILES string of the molecule is Cc1cn2nc(-c3nc([C@@H]4CCCN(C(=O)Cc5ccsc5)C4)no3)cc2c(=O)[nH]1. The Balaban J connectivity index is 1.34. The number of piperidine rings is 1. The number of likely N-dealkylation sites (tertiary alicyclic amines) is 1. The van der Waals surface area contributed by atoms with E-state index in [0.717, 1.165) is 24.9 Å². The van der Waals surface area contributed by atoms with Gasteiger partial charge < -0.3 is 14.4 Å². The molecule has 1 amide bonds. The standard InChI is InChI=1S/C20H20N6O3S/c1-12-9-26-16(19(28)21-12)8-15(23-26)20-22-18(24-29-20)14-3-2-5-25(10-14)17(27)7-13-4-6-30-11-13/h4,6,8-9,11,14H,2-3,5,7,10H2,1H3,(H,21,28)/t14-/m1/s1. The Hall–Kier alpha value is -3.27. The van der Waals surface area contributed by atoms with Gasteiger partial charge in [0.1, 0.15) is 5.52 Å². The van der Waals surface area contributed by atoms with Crippen LogP contribution in [0.1, 0.15) is 35.8 Å². The fourth-order valence-electron chi connectivity index (χ4n) is 3.82. The van der Waals surface area contributed by atoms with Gasteiger partial charge >= 0.3 is 0 Å². The van der Waals surface area contributed by atoms with Crippen LogP contribution in [-0.4, -0.2) is 48.6 Å². The quantitative estimate of drug-likeness (QED) is 0.539. The predicted octanol–water partition coefficient (Wildman–Crippen LogP) is 2.39. The molecule has 0 unspecified atom stereocenters. The Labute approximate surface area is 175 Å². The second-order valence-corrected chi connectivity index (χ2v) is 8.35. The summed E-state index contributed by atoms with van der Waals surface area (Å²) in [5.74, 6) is 0.981. The highest BCUT2D eigenvalue weighted by Crippen LogP contribution is 2.27. The number of aromatic nitrogens is 5. The zero-order valence-electron chi connectivity index (χ0n) is 16.4. The second kappa shape index (κ2) is 7.52. The molecule has 5 heterocycles. The molecule has 0 saturated carbocycles. The van der Waals surface area contributed by atoms with E-state index >= 15 is 0 Å². The lowest BCUT2D eigenvalue weighted by Crippen LogP contribution is -2.40. The number of rotatable bonds is 4. The molecule has 1 saturated heterocycles. The van der Waals surface area contributed by atoms with E-state index in [9.17, 15) is 9.59 Å². The van der Waals surface area contributed by atoms with Crippen LogP contribution in [0.3, 0.4) is 0 Å². The number of hydrogen-bond donors (Lipinski definition) is 1. The van der Waals surface area contributed by atoms with Gasteiger partial charge in [0.05, 0.1) is 6.42 Å². The van der Waals surface area contributed by atoms with Crippen LogP contribution in [0, 0.1) is 6.92 Å². The molecule has 9 nitrogen and oxygen atoms in total. The smallest absolute Gasteiger partial charge is 0.278 e. The first-order chi connectivity index (χ1) is 14.6. The Kier molecular flexibility index (Phi) is 4.70. The van der Waals surface area contributed by atoms with E-state index in [-0.39, 0.29) is 23.3 Å². The topological polar surface area (TPSA) is 109 Å². The number of nitrogens with one attached hydrogen (secondary N) is 1. The van der Waals surface area contributed by atoms with Gasteiger partial charge in [-0.15, -0.1) is 0 Å². The van der Waals surface area contributed by atoms with Gasteiger partial charge in [0, 0.05) is 37.0 Å². The van der Waals surface area contributed by atoms with E-state index in [1.165, 1.54) is 4.52 Å². The maximum absolute atomic E-state index is 12.6. The predicted molar refractivity (Wildman–Crippen MR) is 110 cm³/mol. The third kappa shape index (κ3) is 3.54. The largest absolute Gasteiger partial charge is 0.342 e. The number of aromatic amines is 1. The minimum absolute atomic E-state index is 0.0188. The number of fused-ring (bicyclic) bond motifs is 1. The lowest BCUT2D eigenvalue weighted by molar-refractivity contribution is -0.131. The lowest BCUT2D eigenvalue weighted by Gasteiger charge is -2.31. The number of nitrogens with zero attached hydrogens (tertiary/aromatic N) is 5. The summed E-state index contributed by atoms with van der Waals surface area (Å²) < 4.78 is 6.95. The molecule has 30 heavy (non-hydrogen) atoms. The van der Waals surface area contributed by atoms with Crippen molar-refractivity contribution in [1.29, 1.82) is 0 Å². The van der Waals surface area contributed by atoms with Crippen LogP contribution in [0.5, 0.6) is 0 Å². The summed E-state index contributed by atoms with van der Waals surface area (Å²) in [6.45, 7) is 3.12. The van der Waals surface area contributed by atoms with E-state index in [0.29, 0.717) is 35.7 Å². The molecule has 0 radical (unpaired) electrons. The molecule has 4 aromatic rings. The van der Waals surface area contributed by atoms with Gasteiger partial charge in [-0.1, -0.05) is 5.16 Å². The molecule has 0 spiro atoms. The number of hydrogen-bond acceptors (Lipinski definition) is 7. The maximum atomic E-state index is 12.6. The first kappa shape index (κ1) is 18.7. The highest BCUT2D eigenvalue weighted by molar-refractivity contribution is 7.08. The molecule has 1 aliphatic rings. The molecule has 5 rings (SSSR count). The van der Waals surface area contributed by atoms with Crippen molar-refractivity contribution in [3.8, 4) is 11.6 Å². The molecule has 4 aromatic heterocycles. The van der Waals surface area contributed by atoms with Crippen LogP contribution in [0.15, 0.2) is 38.4 Å². The van der Waals surface area contributed by atoms with Crippen molar-refractivity contribution in [1.82, 2.24) is 29.6 Å². The van der Waals surface area contributed by atoms with Gasteiger partial charge in [0.25, 0.3) is 11.4 Å². The third-order valence-corrected chi connectivity index (χ3v) is 6.06. The van der Waals surface area contributed by atoms with E-state index < -0.39 is 0 Å². The zero-order chi connectivity index (χ0) is 20.7. The molecule has 0 aliphatic carbocycles. The van der Waals surface area contributed by atoms with Crippen molar-refractivity contribution < 1.29 is 9.32 Å². The Bertz CT molecular complexity index is 1260. The fraction of sp³-hybridized carbons (Fsp3) is 0.350. The molecule has 1 N–H and O–H groups in total. The van der Waals surface area contributed by atoms with Gasteiger partial charge in [-0.2, -0.15) is 21.4 Å². The van der Waals surface area contributed by atoms with Gasteiger partial charge in [-0.3, -0.25) is 9.59 Å². The molecular weight excluding hydrogens is 404 g/mol. The molecular formula is C20H20N6O3S. The first-order valence-corrected chi connectivity index (χ1v) is 10.7. The van der Waals surface area contributed by atoms with Crippen LogP contribution in [0.25, 0.3) is 17.1 Å². The van der Waals surface area contributed by atoms with Crippen molar-refractivity contribution in [3.63, 3.8) is 0 Å². The number of H-pyrrole nitrogens is 1. The van der Waals surface area contributed by atoms with E-state index in [4.69, 9.17) is 4.52 Å². The maximum Gasteiger partial charge on any atom is 0.278 e. The van der Waals surface area contributed by atoms with Gasteiger partial charge in [0.2, 0.25) is 5.91 Å². The van der Waals surface area contributed by atoms with Crippen LogP contribution >= 0.6 is 11.3 Å². The van der Waals surface area contributed by atoms with Gasteiger partial charge in [0.15, 0.2) is 11.5 Å². The van der Waals surface area contributed by atoms with E-state index in [1.54, 1.807) is 30.5 Å². The van der Waals surface area contributed by atoms with Gasteiger partial charge in [-0.25, -0.2) is 4.52 Å². The number of amides is 1. The fourth-order valence-corrected chi connectivity index (χ4v) is 4.49. The summed E-state index contributed by atoms with van der Waals surface area (Å²) in [6, 6.07) is 3.62. The Morgan fingerprint density at radius 1 is 1.43 bits per heavy atom. The van der Waals surface area contributed by atoms with Crippen molar-refractivity contribution in [2.24, 2.45) is 0 Å². The van der Waals surface area contributed by atoms with Crippen LogP contribution in [-0.2, 0) is 11.2 Å². The van der Waals surface area contributed by atoms with E-state index in [1.807, 2.05) is 21.7 Å². The number of carbonyl (C=O) groups excluding carboxylic acids is 1. The van der Waals surface area contributed by atoms with Crippen LogP contribution < -0.4 is 5.56 Å². The molecule has 0 bridgehead atoms. The van der Waals surface area contributed by atoms with Crippen molar-refractivity contribution >= 4 is 22.8 Å². The summed E-state index contributed by atoms with van der Waals surface area (Å²) in [4.78, 5) is 33.9. The van der Waals surface area contributed by atoms with E-state index in [2.05, 4.69) is 20.2 Å². The van der Waals surface area contributed by atoms with Gasteiger partial charge in [-0.05, 0) is 42.2 Å². The van der Waals surface area contributed by atoms with Crippen molar-refractivity contribution in [2.45, 2.75) is 32.1 Å². The molecule has 1 aliphatic heterocycles. The lowest BCUT2D eigenvalue weighted by atomic mass is 9.97. The Morgan fingerprint density at radius 2 is 2.33 bits per heavy atom. The molecule has 154 valence electrons. The van der Waals surface area contributed by atoms with Crippen LogP contribution in [0.4, 0.5) is 0 Å². The molecule has 0 aromatic carbocycles. The zero-order valence-corrected chi connectivity index (χ0v) is 17.2. The summed E-state index contributed by atoms with van der Waals surface area (Å²) in [7, 11) is 0. The number of carbonyl (C=O) groups is 1. The Morgan fingerprint density at radius 3 is 3.17 bits per heavy atom. The minimum atomic E-state index is -0.222. The highest BCUT2D eigenvalue weighted by Gasteiger charge is 2.28. The highest BCUT2D eigenvalue weighted by atomic mass is 32.1. The summed E-state index contributed by atoms with van der Waals surface area (Å²) >= 11 is 1.60. The summed E-state index contributed by atoms with van der Waals surface area (Å²) in [5.41, 5.74) is 2.40.